The number of aromatic nitrogens is 2. The van der Waals surface area contributed by atoms with Crippen LogP contribution < -0.4 is 5.56 Å². The number of aromatic amines is 1. The zero-order valence-corrected chi connectivity index (χ0v) is 13.0. The van der Waals surface area contributed by atoms with Crippen molar-refractivity contribution in [2.24, 2.45) is 0 Å². The van der Waals surface area contributed by atoms with Crippen molar-refractivity contribution in [3.8, 4) is 0 Å². The van der Waals surface area contributed by atoms with Gasteiger partial charge in [-0.15, -0.1) is 23.1 Å². The molecule has 0 amide bonds. The maximum Gasteiger partial charge on any atom is 0.268 e. The highest BCUT2D eigenvalue weighted by atomic mass is 32.2. The minimum Gasteiger partial charge on any atom is -0.389 e. The number of aliphatic hydroxyl groups excluding tert-OH is 1. The predicted molar refractivity (Wildman–Crippen MR) is 86.9 cm³/mol. The lowest BCUT2D eigenvalue weighted by Gasteiger charge is -2.06. The molecule has 2 aromatic heterocycles. The summed E-state index contributed by atoms with van der Waals surface area (Å²) in [5.41, 5.74) is 1.57. The first-order valence-electron chi connectivity index (χ1n) is 6.51. The monoisotopic (exact) mass is 318 g/mol. The first-order valence-corrected chi connectivity index (χ1v) is 8.37. The van der Waals surface area contributed by atoms with Crippen molar-refractivity contribution in [1.82, 2.24) is 9.97 Å². The van der Waals surface area contributed by atoms with E-state index in [9.17, 15) is 9.90 Å². The Morgan fingerprint density at radius 2 is 2.10 bits per heavy atom. The fraction of sp³-hybridized carbons (Fsp3) is 0.200. The number of fused-ring (bicyclic) bond motifs is 1. The second-order valence-electron chi connectivity index (χ2n) is 4.68. The Bertz CT molecular complexity index is 806. The van der Waals surface area contributed by atoms with Crippen LogP contribution in [0.3, 0.4) is 0 Å². The Kier molecular flexibility index (Phi) is 4.10. The average molecular weight is 318 g/mol. The molecule has 3 rings (SSSR count). The standard InChI is InChI=1S/C15H14N2O2S2/c1-9(18)10-2-4-11(5-3-10)21-8-13-16-12-6-7-20-14(12)15(19)17-13/h2-7,9,18H,8H2,1H3,(H,16,17,19). The van der Waals surface area contributed by atoms with Gasteiger partial charge in [-0.1, -0.05) is 12.1 Å². The molecular weight excluding hydrogens is 304 g/mol. The molecule has 0 radical (unpaired) electrons. The highest BCUT2D eigenvalue weighted by Gasteiger charge is 2.06. The summed E-state index contributed by atoms with van der Waals surface area (Å²) in [7, 11) is 0. The Labute approximate surface area is 129 Å². The molecule has 108 valence electrons. The second kappa shape index (κ2) is 6.01. The lowest BCUT2D eigenvalue weighted by atomic mass is 10.1. The van der Waals surface area contributed by atoms with Crippen LogP contribution in [0.5, 0.6) is 0 Å². The minimum atomic E-state index is -0.455. The van der Waals surface area contributed by atoms with E-state index in [1.165, 1.54) is 11.3 Å². The van der Waals surface area contributed by atoms with Gasteiger partial charge in [0, 0.05) is 4.90 Å². The van der Waals surface area contributed by atoms with E-state index in [0.29, 0.717) is 16.3 Å². The topological polar surface area (TPSA) is 66.0 Å². The third-order valence-electron chi connectivity index (χ3n) is 3.10. The molecule has 3 aromatic rings. The van der Waals surface area contributed by atoms with E-state index in [1.54, 1.807) is 18.7 Å². The van der Waals surface area contributed by atoms with Crippen molar-refractivity contribution < 1.29 is 5.11 Å². The Hall–Kier alpha value is -1.63. The Morgan fingerprint density at radius 1 is 1.33 bits per heavy atom. The van der Waals surface area contributed by atoms with Gasteiger partial charge in [-0.2, -0.15) is 0 Å². The number of rotatable bonds is 4. The molecule has 6 heteroatoms. The molecular formula is C15H14N2O2S2. The van der Waals surface area contributed by atoms with Crippen LogP contribution in [0.2, 0.25) is 0 Å². The van der Waals surface area contributed by atoms with Crippen LogP contribution in [0.4, 0.5) is 0 Å². The van der Waals surface area contributed by atoms with Crippen LogP contribution in [-0.2, 0) is 5.75 Å². The van der Waals surface area contributed by atoms with Gasteiger partial charge < -0.3 is 10.1 Å². The number of hydrogen-bond acceptors (Lipinski definition) is 5. The first kappa shape index (κ1) is 14.3. The number of hydrogen-bond donors (Lipinski definition) is 2. The average Bonchev–Trinajstić information content (AvgIpc) is 2.94. The predicted octanol–water partition coefficient (Wildman–Crippen LogP) is 3.33. The van der Waals surface area contributed by atoms with Gasteiger partial charge in [-0.05, 0) is 36.1 Å². The van der Waals surface area contributed by atoms with E-state index in [-0.39, 0.29) is 5.56 Å². The third kappa shape index (κ3) is 3.18. The summed E-state index contributed by atoms with van der Waals surface area (Å²) in [6.45, 7) is 1.74. The summed E-state index contributed by atoms with van der Waals surface area (Å²) < 4.78 is 0.671. The van der Waals surface area contributed by atoms with E-state index in [2.05, 4.69) is 9.97 Å². The number of thioether (sulfide) groups is 1. The lowest BCUT2D eigenvalue weighted by Crippen LogP contribution is -2.09. The molecule has 0 aliphatic heterocycles. The minimum absolute atomic E-state index is 0.0740. The molecule has 4 nitrogen and oxygen atoms in total. The number of nitrogens with zero attached hydrogens (tertiary/aromatic N) is 1. The molecule has 1 aromatic carbocycles. The second-order valence-corrected chi connectivity index (χ2v) is 6.65. The Balaban J connectivity index is 1.75. The largest absolute Gasteiger partial charge is 0.389 e. The van der Waals surface area contributed by atoms with E-state index < -0.39 is 6.10 Å². The number of H-pyrrole nitrogens is 1. The van der Waals surface area contributed by atoms with E-state index in [0.717, 1.165) is 16.0 Å². The number of thiophene rings is 1. The summed E-state index contributed by atoms with van der Waals surface area (Å²) in [6, 6.07) is 9.61. The quantitative estimate of drug-likeness (QED) is 0.724. The molecule has 0 saturated carbocycles. The number of nitrogens with one attached hydrogen (secondary N) is 1. The SMILES string of the molecule is CC(O)c1ccc(SCc2nc3ccsc3c(=O)[nH]2)cc1. The highest BCUT2D eigenvalue weighted by molar-refractivity contribution is 7.98. The normalized spacial score (nSPS) is 12.7. The fourth-order valence-corrected chi connectivity index (χ4v) is 3.48. The van der Waals surface area contributed by atoms with Crippen molar-refractivity contribution in [2.45, 2.75) is 23.7 Å². The molecule has 0 aliphatic carbocycles. The molecule has 0 saturated heterocycles. The maximum atomic E-state index is 11.9. The fourth-order valence-electron chi connectivity index (χ4n) is 1.98. The van der Waals surface area contributed by atoms with Crippen molar-refractivity contribution >= 4 is 33.3 Å². The summed E-state index contributed by atoms with van der Waals surface area (Å²) >= 11 is 3.01. The first-order chi connectivity index (χ1) is 10.1. The van der Waals surface area contributed by atoms with Crippen LogP contribution in [0.15, 0.2) is 45.4 Å². The van der Waals surface area contributed by atoms with Crippen molar-refractivity contribution in [3.05, 3.63) is 57.5 Å². The molecule has 21 heavy (non-hydrogen) atoms. The van der Waals surface area contributed by atoms with Gasteiger partial charge in [-0.3, -0.25) is 4.79 Å². The summed E-state index contributed by atoms with van der Waals surface area (Å²) in [6.07, 6.45) is -0.455. The van der Waals surface area contributed by atoms with Gasteiger partial charge in [0.15, 0.2) is 0 Å². The zero-order chi connectivity index (χ0) is 14.8. The molecule has 2 N–H and O–H groups in total. The molecule has 0 fully saturated rings. The molecule has 1 atom stereocenters. The van der Waals surface area contributed by atoms with Gasteiger partial charge in [-0.25, -0.2) is 4.98 Å². The van der Waals surface area contributed by atoms with Crippen LogP contribution in [0, 0.1) is 0 Å². The maximum absolute atomic E-state index is 11.9. The zero-order valence-electron chi connectivity index (χ0n) is 11.4. The van der Waals surface area contributed by atoms with Gasteiger partial charge in [0.2, 0.25) is 0 Å². The molecule has 1 unspecified atom stereocenters. The molecule has 0 spiro atoms. The van der Waals surface area contributed by atoms with Crippen LogP contribution in [0.25, 0.3) is 10.2 Å². The summed E-state index contributed by atoms with van der Waals surface area (Å²) in [4.78, 5) is 20.2. The van der Waals surface area contributed by atoms with Gasteiger partial charge >= 0.3 is 0 Å². The van der Waals surface area contributed by atoms with E-state index in [1.807, 2.05) is 35.7 Å². The van der Waals surface area contributed by atoms with E-state index >= 15 is 0 Å². The van der Waals surface area contributed by atoms with Gasteiger partial charge in [0.05, 0.1) is 17.4 Å². The third-order valence-corrected chi connectivity index (χ3v) is 5.03. The van der Waals surface area contributed by atoms with Crippen molar-refractivity contribution in [1.29, 1.82) is 0 Å². The smallest absolute Gasteiger partial charge is 0.268 e. The lowest BCUT2D eigenvalue weighted by molar-refractivity contribution is 0.199. The van der Waals surface area contributed by atoms with Crippen LogP contribution in [-0.4, -0.2) is 15.1 Å². The number of benzene rings is 1. The number of aliphatic hydroxyl groups is 1. The van der Waals surface area contributed by atoms with Gasteiger partial charge in [0.1, 0.15) is 10.5 Å². The van der Waals surface area contributed by atoms with Crippen molar-refractivity contribution in [3.63, 3.8) is 0 Å². The molecule has 2 heterocycles. The van der Waals surface area contributed by atoms with Gasteiger partial charge in [0.25, 0.3) is 5.56 Å². The summed E-state index contributed by atoms with van der Waals surface area (Å²) in [5.74, 6) is 1.28. The molecule has 0 aliphatic rings. The Morgan fingerprint density at radius 3 is 2.81 bits per heavy atom. The summed E-state index contributed by atoms with van der Waals surface area (Å²) in [5, 5.41) is 11.4. The van der Waals surface area contributed by atoms with Crippen LogP contribution in [0.1, 0.15) is 24.4 Å². The van der Waals surface area contributed by atoms with Crippen molar-refractivity contribution in [2.75, 3.05) is 0 Å². The van der Waals surface area contributed by atoms with E-state index in [4.69, 9.17) is 0 Å². The highest BCUT2D eigenvalue weighted by Crippen LogP contribution is 2.24. The molecule has 0 bridgehead atoms. The van der Waals surface area contributed by atoms with Crippen LogP contribution >= 0.6 is 23.1 Å².